The van der Waals surface area contributed by atoms with Crippen LogP contribution in [-0.4, -0.2) is 14.5 Å². The maximum atomic E-state index is 9.44. The summed E-state index contributed by atoms with van der Waals surface area (Å²) in [6.07, 6.45) is 4.55. The van der Waals surface area contributed by atoms with E-state index >= 15 is 0 Å². The first-order chi connectivity index (χ1) is 7.49. The number of halogens is 2. The van der Waals surface area contributed by atoms with Gasteiger partial charge in [-0.2, -0.15) is 0 Å². The van der Waals surface area contributed by atoms with Gasteiger partial charge in [-0.25, -0.2) is 0 Å². The van der Waals surface area contributed by atoms with Crippen LogP contribution in [0.15, 0.2) is 48.3 Å². The average Bonchev–Trinajstić information content (AvgIpc) is 2.22. The van der Waals surface area contributed by atoms with E-state index < -0.39 is 4.33 Å². The number of hydrogen-bond acceptors (Lipinski definition) is 2. The fourth-order valence-electron chi connectivity index (χ4n) is 1.67. The molecule has 0 fully saturated rings. The number of alkyl halides is 2. The van der Waals surface area contributed by atoms with E-state index in [0.717, 1.165) is 5.56 Å². The van der Waals surface area contributed by atoms with E-state index in [1.54, 1.807) is 30.3 Å². The fraction of sp³-hybridized carbons (Fsp3) is 0.167. The molecule has 84 valence electrons. The van der Waals surface area contributed by atoms with Crippen LogP contribution in [0.1, 0.15) is 11.5 Å². The zero-order valence-corrected chi connectivity index (χ0v) is 9.78. The minimum atomic E-state index is -1.11. The molecule has 0 saturated carbocycles. The maximum Gasteiger partial charge on any atom is 0.147 e. The largest absolute Gasteiger partial charge is 0.508 e. The minimum Gasteiger partial charge on any atom is -0.508 e. The smallest absolute Gasteiger partial charge is 0.147 e. The van der Waals surface area contributed by atoms with Gasteiger partial charge in [0, 0.05) is 5.92 Å². The number of allylic oxidation sites excluding steroid dienone is 3. The van der Waals surface area contributed by atoms with Crippen molar-refractivity contribution in [2.45, 2.75) is 10.3 Å². The molecule has 1 unspecified atom stereocenters. The number of phenolic OH excluding ortho intramolecular Hbond substituents is 1. The summed E-state index contributed by atoms with van der Waals surface area (Å²) in [5, 5.41) is 18.8. The highest BCUT2D eigenvalue weighted by Crippen LogP contribution is 2.43. The highest BCUT2D eigenvalue weighted by atomic mass is 35.5. The molecular weight excluding hydrogens is 247 g/mol. The van der Waals surface area contributed by atoms with Crippen LogP contribution in [0, 0.1) is 0 Å². The molecule has 2 N–H and O–H groups in total. The van der Waals surface area contributed by atoms with Crippen LogP contribution < -0.4 is 0 Å². The molecule has 1 aromatic carbocycles. The summed E-state index contributed by atoms with van der Waals surface area (Å²) in [6, 6.07) is 6.65. The second kappa shape index (κ2) is 4.04. The number of benzene rings is 1. The van der Waals surface area contributed by atoms with Crippen molar-refractivity contribution in [3.8, 4) is 5.75 Å². The van der Waals surface area contributed by atoms with Crippen LogP contribution in [0.3, 0.4) is 0 Å². The van der Waals surface area contributed by atoms with Crippen molar-refractivity contribution in [3.63, 3.8) is 0 Å². The average molecular weight is 257 g/mol. The van der Waals surface area contributed by atoms with Gasteiger partial charge in [0.25, 0.3) is 0 Å². The summed E-state index contributed by atoms with van der Waals surface area (Å²) in [6.45, 7) is 0. The third kappa shape index (κ3) is 2.18. The lowest BCUT2D eigenvalue weighted by molar-refractivity contribution is 0.422. The Balaban J connectivity index is 2.43. The molecule has 0 heterocycles. The van der Waals surface area contributed by atoms with E-state index in [0.29, 0.717) is 0 Å². The monoisotopic (exact) mass is 256 g/mol. The quantitative estimate of drug-likeness (QED) is 0.753. The second-order valence-electron chi connectivity index (χ2n) is 3.67. The first-order valence-electron chi connectivity index (χ1n) is 4.76. The van der Waals surface area contributed by atoms with Crippen LogP contribution >= 0.6 is 23.2 Å². The Bertz CT molecular complexity index is 464. The Morgan fingerprint density at radius 3 is 2.62 bits per heavy atom. The molecule has 16 heavy (non-hydrogen) atoms. The highest BCUT2D eigenvalue weighted by molar-refractivity contribution is 6.50. The number of aliphatic hydroxyl groups excluding tert-OH is 1. The SMILES string of the molecule is OC1=CC(c2cccc(O)c2)C(Cl)(Cl)C=C1. The van der Waals surface area contributed by atoms with Crippen molar-refractivity contribution >= 4 is 23.2 Å². The van der Waals surface area contributed by atoms with E-state index in [9.17, 15) is 10.2 Å². The molecule has 2 rings (SSSR count). The molecule has 1 aliphatic rings. The predicted octanol–water partition coefficient (Wildman–Crippen LogP) is 3.66. The van der Waals surface area contributed by atoms with Gasteiger partial charge < -0.3 is 10.2 Å². The van der Waals surface area contributed by atoms with Gasteiger partial charge in [0.05, 0.1) is 0 Å². The zero-order chi connectivity index (χ0) is 11.8. The molecule has 1 aromatic rings. The van der Waals surface area contributed by atoms with Gasteiger partial charge in [0.2, 0.25) is 0 Å². The van der Waals surface area contributed by atoms with Crippen molar-refractivity contribution in [2.24, 2.45) is 0 Å². The van der Waals surface area contributed by atoms with Crippen LogP contribution in [-0.2, 0) is 0 Å². The standard InChI is InChI=1S/C12H10Cl2O2/c13-12(14)5-4-10(16)7-11(12)8-2-1-3-9(15)6-8/h1-7,11,15-16H. The lowest BCUT2D eigenvalue weighted by Crippen LogP contribution is -2.22. The molecule has 0 radical (unpaired) electrons. The van der Waals surface area contributed by atoms with Crippen LogP contribution in [0.25, 0.3) is 0 Å². The molecule has 1 aliphatic carbocycles. The summed E-state index contributed by atoms with van der Waals surface area (Å²) >= 11 is 12.3. The van der Waals surface area contributed by atoms with Crippen molar-refractivity contribution < 1.29 is 10.2 Å². The van der Waals surface area contributed by atoms with E-state index in [1.165, 1.54) is 12.2 Å². The van der Waals surface area contributed by atoms with E-state index in [-0.39, 0.29) is 17.4 Å². The van der Waals surface area contributed by atoms with Crippen molar-refractivity contribution in [1.29, 1.82) is 0 Å². The molecule has 0 amide bonds. The Hall–Kier alpha value is -1.12. The minimum absolute atomic E-state index is 0.116. The number of aromatic hydroxyl groups is 1. The molecule has 4 heteroatoms. The van der Waals surface area contributed by atoms with Gasteiger partial charge in [-0.05, 0) is 35.9 Å². The highest BCUT2D eigenvalue weighted by Gasteiger charge is 2.34. The second-order valence-corrected chi connectivity index (χ2v) is 5.12. The Kier molecular flexibility index (Phi) is 2.87. The predicted molar refractivity (Wildman–Crippen MR) is 65.1 cm³/mol. The summed E-state index contributed by atoms with van der Waals surface area (Å²) in [5.41, 5.74) is 0.751. The fourth-order valence-corrected chi connectivity index (χ4v) is 2.18. The summed E-state index contributed by atoms with van der Waals surface area (Å²) < 4.78 is -1.11. The van der Waals surface area contributed by atoms with Gasteiger partial charge in [0.1, 0.15) is 15.8 Å². The molecular formula is C12H10Cl2O2. The summed E-state index contributed by atoms with van der Waals surface area (Å²) in [4.78, 5) is 0. The van der Waals surface area contributed by atoms with E-state index in [4.69, 9.17) is 23.2 Å². The van der Waals surface area contributed by atoms with Crippen molar-refractivity contribution in [2.75, 3.05) is 0 Å². The molecule has 2 nitrogen and oxygen atoms in total. The Labute approximate surface area is 103 Å². The van der Waals surface area contributed by atoms with Gasteiger partial charge in [-0.3, -0.25) is 0 Å². The molecule has 1 atom stereocenters. The molecule has 0 spiro atoms. The van der Waals surface area contributed by atoms with Gasteiger partial charge in [0.15, 0.2) is 0 Å². The first kappa shape index (κ1) is 11.4. The van der Waals surface area contributed by atoms with Gasteiger partial charge >= 0.3 is 0 Å². The first-order valence-corrected chi connectivity index (χ1v) is 5.51. The molecule has 0 saturated heterocycles. The number of hydrogen-bond donors (Lipinski definition) is 2. The van der Waals surface area contributed by atoms with Crippen LogP contribution in [0.4, 0.5) is 0 Å². The lowest BCUT2D eigenvalue weighted by atomic mass is 9.91. The van der Waals surface area contributed by atoms with E-state index in [2.05, 4.69) is 0 Å². The van der Waals surface area contributed by atoms with Crippen molar-refractivity contribution in [1.82, 2.24) is 0 Å². The third-order valence-corrected chi connectivity index (χ3v) is 3.18. The Morgan fingerprint density at radius 1 is 1.19 bits per heavy atom. The lowest BCUT2D eigenvalue weighted by Gasteiger charge is -2.27. The third-order valence-electron chi connectivity index (χ3n) is 2.46. The normalized spacial score (nSPS) is 22.9. The number of rotatable bonds is 1. The van der Waals surface area contributed by atoms with Crippen molar-refractivity contribution in [3.05, 3.63) is 53.8 Å². The molecule has 0 aromatic heterocycles. The molecule has 0 bridgehead atoms. The molecule has 0 aliphatic heterocycles. The Morgan fingerprint density at radius 2 is 1.94 bits per heavy atom. The number of aliphatic hydroxyl groups is 1. The zero-order valence-electron chi connectivity index (χ0n) is 8.27. The topological polar surface area (TPSA) is 40.5 Å². The maximum absolute atomic E-state index is 9.44. The van der Waals surface area contributed by atoms with Gasteiger partial charge in [-0.15, -0.1) is 0 Å². The van der Waals surface area contributed by atoms with Crippen LogP contribution in [0.2, 0.25) is 0 Å². The van der Waals surface area contributed by atoms with E-state index in [1.807, 2.05) is 0 Å². The summed E-state index contributed by atoms with van der Waals surface area (Å²) in [5.74, 6) is -0.123. The number of phenols is 1. The van der Waals surface area contributed by atoms with Gasteiger partial charge in [-0.1, -0.05) is 35.3 Å². The van der Waals surface area contributed by atoms with Crippen LogP contribution in [0.5, 0.6) is 5.75 Å². The summed E-state index contributed by atoms with van der Waals surface area (Å²) in [7, 11) is 0.